The number of halogens is 2. The molecule has 3 rings (SSSR count). The SMILES string of the molecule is Cl.Cl.O=Cc1ccc(-c2cc(-c3ccncc3)ccn2)cc1. The standard InChI is InChI=1S/C17H12N2O.2ClH/c20-12-13-1-3-15(4-2-13)17-11-16(7-10-19-17)14-5-8-18-9-6-14;;/h1-12H;2*1H. The van der Waals surface area contributed by atoms with Crippen LogP contribution >= 0.6 is 24.8 Å². The van der Waals surface area contributed by atoms with Crippen LogP contribution in [0.3, 0.4) is 0 Å². The van der Waals surface area contributed by atoms with E-state index in [0.717, 1.165) is 28.7 Å². The molecule has 0 fully saturated rings. The van der Waals surface area contributed by atoms with Gasteiger partial charge in [-0.3, -0.25) is 14.8 Å². The van der Waals surface area contributed by atoms with E-state index in [1.54, 1.807) is 30.7 Å². The van der Waals surface area contributed by atoms with Crippen molar-refractivity contribution >= 4 is 31.1 Å². The van der Waals surface area contributed by atoms with Crippen molar-refractivity contribution in [2.45, 2.75) is 0 Å². The summed E-state index contributed by atoms with van der Waals surface area (Å²) in [5.74, 6) is 0. The molecular weight excluding hydrogens is 319 g/mol. The van der Waals surface area contributed by atoms with Crippen LogP contribution in [0.15, 0.2) is 67.1 Å². The summed E-state index contributed by atoms with van der Waals surface area (Å²) in [6, 6.07) is 15.3. The number of benzene rings is 1. The van der Waals surface area contributed by atoms with Crippen LogP contribution in [-0.2, 0) is 0 Å². The molecule has 3 nitrogen and oxygen atoms in total. The molecule has 0 saturated carbocycles. The first-order valence-corrected chi connectivity index (χ1v) is 6.29. The summed E-state index contributed by atoms with van der Waals surface area (Å²) in [7, 11) is 0. The molecule has 0 aliphatic heterocycles. The van der Waals surface area contributed by atoms with Crippen molar-refractivity contribution in [3.8, 4) is 22.4 Å². The summed E-state index contributed by atoms with van der Waals surface area (Å²) in [4.78, 5) is 19.1. The normalized spacial score (nSPS) is 9.27. The van der Waals surface area contributed by atoms with Crippen molar-refractivity contribution in [1.82, 2.24) is 9.97 Å². The van der Waals surface area contributed by atoms with Gasteiger partial charge in [-0.25, -0.2) is 0 Å². The number of nitrogens with zero attached hydrogens (tertiary/aromatic N) is 2. The molecule has 2 aromatic heterocycles. The maximum atomic E-state index is 10.7. The third kappa shape index (κ3) is 3.91. The van der Waals surface area contributed by atoms with Crippen molar-refractivity contribution < 1.29 is 4.79 Å². The molecule has 5 heteroatoms. The number of hydrogen-bond acceptors (Lipinski definition) is 3. The molecule has 22 heavy (non-hydrogen) atoms. The Hall–Kier alpha value is -2.23. The molecule has 1 aromatic carbocycles. The largest absolute Gasteiger partial charge is 0.298 e. The van der Waals surface area contributed by atoms with E-state index in [1.807, 2.05) is 36.4 Å². The third-order valence-electron chi connectivity index (χ3n) is 3.12. The highest BCUT2D eigenvalue weighted by Gasteiger charge is 2.03. The summed E-state index contributed by atoms with van der Waals surface area (Å²) in [5, 5.41) is 0. The summed E-state index contributed by atoms with van der Waals surface area (Å²) < 4.78 is 0. The number of carbonyl (C=O) groups excluding carboxylic acids is 1. The first kappa shape index (κ1) is 17.8. The summed E-state index contributed by atoms with van der Waals surface area (Å²) >= 11 is 0. The maximum Gasteiger partial charge on any atom is 0.150 e. The summed E-state index contributed by atoms with van der Waals surface area (Å²) in [6.07, 6.45) is 6.17. The predicted octanol–water partition coefficient (Wildman–Crippen LogP) is 4.47. The Morgan fingerprint density at radius 2 is 1.36 bits per heavy atom. The average molecular weight is 333 g/mol. The predicted molar refractivity (Wildman–Crippen MR) is 92.8 cm³/mol. The highest BCUT2D eigenvalue weighted by atomic mass is 35.5. The van der Waals surface area contributed by atoms with Gasteiger partial charge in [0.05, 0.1) is 5.69 Å². The van der Waals surface area contributed by atoms with Crippen LogP contribution in [0.5, 0.6) is 0 Å². The molecular formula is C17H14Cl2N2O. The average Bonchev–Trinajstić information content (AvgIpc) is 2.56. The van der Waals surface area contributed by atoms with Gasteiger partial charge in [0.1, 0.15) is 6.29 Å². The van der Waals surface area contributed by atoms with Gasteiger partial charge < -0.3 is 0 Å². The lowest BCUT2D eigenvalue weighted by Gasteiger charge is -2.05. The minimum atomic E-state index is 0. The first-order chi connectivity index (χ1) is 9.86. The van der Waals surface area contributed by atoms with Gasteiger partial charge in [-0.2, -0.15) is 0 Å². The molecule has 0 unspecified atom stereocenters. The molecule has 0 radical (unpaired) electrons. The molecule has 0 N–H and O–H groups in total. The van der Waals surface area contributed by atoms with Gasteiger partial charge in [-0.15, -0.1) is 24.8 Å². The van der Waals surface area contributed by atoms with Gasteiger partial charge in [0.25, 0.3) is 0 Å². The number of hydrogen-bond donors (Lipinski definition) is 0. The van der Waals surface area contributed by atoms with Crippen molar-refractivity contribution in [2.75, 3.05) is 0 Å². The molecule has 112 valence electrons. The van der Waals surface area contributed by atoms with Crippen LogP contribution in [0.2, 0.25) is 0 Å². The number of aromatic nitrogens is 2. The zero-order valence-electron chi connectivity index (χ0n) is 11.5. The minimum absolute atomic E-state index is 0. The molecule has 0 aliphatic rings. The molecule has 0 atom stereocenters. The zero-order chi connectivity index (χ0) is 13.8. The molecule has 2 heterocycles. The zero-order valence-corrected chi connectivity index (χ0v) is 13.2. The molecule has 0 saturated heterocycles. The van der Waals surface area contributed by atoms with Gasteiger partial charge in [-0.1, -0.05) is 24.3 Å². The van der Waals surface area contributed by atoms with Crippen molar-refractivity contribution in [1.29, 1.82) is 0 Å². The Morgan fingerprint density at radius 1 is 0.727 bits per heavy atom. The van der Waals surface area contributed by atoms with E-state index in [0.29, 0.717) is 5.56 Å². The fourth-order valence-electron chi connectivity index (χ4n) is 2.04. The first-order valence-electron chi connectivity index (χ1n) is 6.29. The second-order valence-corrected chi connectivity index (χ2v) is 4.41. The summed E-state index contributed by atoms with van der Waals surface area (Å²) in [5.41, 5.74) is 4.74. The molecule has 0 bridgehead atoms. The van der Waals surface area contributed by atoms with Crippen molar-refractivity contribution in [3.05, 3.63) is 72.7 Å². The van der Waals surface area contributed by atoms with E-state index < -0.39 is 0 Å². The van der Waals surface area contributed by atoms with Gasteiger partial charge in [0, 0.05) is 29.7 Å². The van der Waals surface area contributed by atoms with E-state index in [4.69, 9.17) is 0 Å². The topological polar surface area (TPSA) is 42.9 Å². The summed E-state index contributed by atoms with van der Waals surface area (Å²) in [6.45, 7) is 0. The van der Waals surface area contributed by atoms with Gasteiger partial charge >= 0.3 is 0 Å². The van der Waals surface area contributed by atoms with E-state index >= 15 is 0 Å². The third-order valence-corrected chi connectivity index (χ3v) is 3.12. The van der Waals surface area contributed by atoms with E-state index in [9.17, 15) is 4.79 Å². The van der Waals surface area contributed by atoms with Crippen LogP contribution in [0.25, 0.3) is 22.4 Å². The van der Waals surface area contributed by atoms with Crippen LogP contribution in [0.4, 0.5) is 0 Å². The Labute approximate surface area is 141 Å². The van der Waals surface area contributed by atoms with E-state index in [-0.39, 0.29) is 24.8 Å². The fraction of sp³-hybridized carbons (Fsp3) is 0. The maximum absolute atomic E-state index is 10.7. The lowest BCUT2D eigenvalue weighted by Crippen LogP contribution is -1.86. The molecule has 0 aliphatic carbocycles. The molecule has 0 amide bonds. The highest BCUT2D eigenvalue weighted by Crippen LogP contribution is 2.24. The Morgan fingerprint density at radius 3 is 2.00 bits per heavy atom. The van der Waals surface area contributed by atoms with Crippen LogP contribution < -0.4 is 0 Å². The Kier molecular flexibility index (Phi) is 6.70. The van der Waals surface area contributed by atoms with Crippen LogP contribution in [-0.4, -0.2) is 16.3 Å². The fourth-order valence-corrected chi connectivity index (χ4v) is 2.04. The highest BCUT2D eigenvalue weighted by molar-refractivity contribution is 5.85. The van der Waals surface area contributed by atoms with Crippen molar-refractivity contribution in [2.24, 2.45) is 0 Å². The lowest BCUT2D eigenvalue weighted by molar-refractivity contribution is 0.112. The van der Waals surface area contributed by atoms with Crippen molar-refractivity contribution in [3.63, 3.8) is 0 Å². The monoisotopic (exact) mass is 332 g/mol. The smallest absolute Gasteiger partial charge is 0.150 e. The van der Waals surface area contributed by atoms with Gasteiger partial charge in [0.2, 0.25) is 0 Å². The molecule has 0 spiro atoms. The van der Waals surface area contributed by atoms with E-state index in [1.165, 1.54) is 0 Å². The second kappa shape index (κ2) is 8.27. The Balaban J connectivity index is 0.00000121. The van der Waals surface area contributed by atoms with Crippen LogP contribution in [0.1, 0.15) is 10.4 Å². The Bertz CT molecular complexity index is 731. The molecule has 3 aromatic rings. The van der Waals surface area contributed by atoms with Gasteiger partial charge in [-0.05, 0) is 35.4 Å². The second-order valence-electron chi connectivity index (χ2n) is 4.41. The number of pyridine rings is 2. The van der Waals surface area contributed by atoms with E-state index in [2.05, 4.69) is 9.97 Å². The number of carbonyl (C=O) groups is 1. The van der Waals surface area contributed by atoms with Gasteiger partial charge in [0.15, 0.2) is 0 Å². The number of rotatable bonds is 3. The number of aldehydes is 1. The lowest BCUT2D eigenvalue weighted by atomic mass is 10.0. The van der Waals surface area contributed by atoms with Crippen LogP contribution in [0, 0.1) is 0 Å². The quantitative estimate of drug-likeness (QED) is 0.664. The minimum Gasteiger partial charge on any atom is -0.298 e.